The van der Waals surface area contributed by atoms with Crippen molar-refractivity contribution in [3.8, 4) is 5.75 Å². The summed E-state index contributed by atoms with van der Waals surface area (Å²) in [5.41, 5.74) is 3.59. The first-order valence-electron chi connectivity index (χ1n) is 7.58. The van der Waals surface area contributed by atoms with Gasteiger partial charge in [-0.3, -0.25) is 4.68 Å². The van der Waals surface area contributed by atoms with Crippen molar-refractivity contribution < 1.29 is 4.74 Å². The lowest BCUT2D eigenvalue weighted by atomic mass is 10.0. The monoisotopic (exact) mass is 287 g/mol. The number of nitrogens with zero attached hydrogens (tertiary/aromatic N) is 2. The van der Waals surface area contributed by atoms with Gasteiger partial charge in [-0.2, -0.15) is 5.10 Å². The fourth-order valence-electron chi connectivity index (χ4n) is 2.66. The minimum Gasteiger partial charge on any atom is -0.497 e. The second-order valence-corrected chi connectivity index (χ2v) is 5.18. The van der Waals surface area contributed by atoms with Gasteiger partial charge in [0.15, 0.2) is 0 Å². The standard InChI is InChI=1S/C17H25N3O/c1-5-18-17(14-8-7-9-16(11-14)21-4)12-15-10-13(3)19-20(15)6-2/h7-11,17-18H,5-6,12H2,1-4H3. The van der Waals surface area contributed by atoms with E-state index in [1.807, 2.05) is 19.1 Å². The largest absolute Gasteiger partial charge is 0.497 e. The van der Waals surface area contributed by atoms with Gasteiger partial charge in [-0.1, -0.05) is 19.1 Å². The molecule has 0 fully saturated rings. The molecule has 114 valence electrons. The van der Waals surface area contributed by atoms with Crippen LogP contribution in [0.3, 0.4) is 0 Å². The van der Waals surface area contributed by atoms with Gasteiger partial charge in [-0.15, -0.1) is 0 Å². The van der Waals surface area contributed by atoms with Crippen LogP contribution < -0.4 is 10.1 Å². The number of likely N-dealkylation sites (N-methyl/N-ethyl adjacent to an activating group) is 1. The Labute approximate surface area is 127 Å². The van der Waals surface area contributed by atoms with E-state index in [4.69, 9.17) is 4.74 Å². The van der Waals surface area contributed by atoms with Gasteiger partial charge < -0.3 is 10.1 Å². The number of rotatable bonds is 7. The van der Waals surface area contributed by atoms with E-state index in [1.165, 1.54) is 11.3 Å². The number of ether oxygens (including phenoxy) is 1. The molecule has 4 nitrogen and oxygen atoms in total. The highest BCUT2D eigenvalue weighted by Crippen LogP contribution is 2.23. The van der Waals surface area contributed by atoms with Crippen molar-refractivity contribution in [2.24, 2.45) is 0 Å². The summed E-state index contributed by atoms with van der Waals surface area (Å²) in [4.78, 5) is 0. The number of aromatic nitrogens is 2. The Bertz CT molecular complexity index is 577. The first kappa shape index (κ1) is 15.6. The van der Waals surface area contributed by atoms with Crippen LogP contribution in [0.25, 0.3) is 0 Å². The SMILES string of the molecule is CCNC(Cc1cc(C)nn1CC)c1cccc(OC)c1. The molecule has 0 saturated carbocycles. The molecule has 1 atom stereocenters. The van der Waals surface area contributed by atoms with E-state index in [0.717, 1.165) is 31.0 Å². The second-order valence-electron chi connectivity index (χ2n) is 5.18. The van der Waals surface area contributed by atoms with Crippen LogP contribution in [0.4, 0.5) is 0 Å². The summed E-state index contributed by atoms with van der Waals surface area (Å²) >= 11 is 0. The first-order valence-corrected chi connectivity index (χ1v) is 7.58. The number of methoxy groups -OCH3 is 1. The third-order valence-electron chi connectivity index (χ3n) is 3.64. The van der Waals surface area contributed by atoms with Gasteiger partial charge in [0.1, 0.15) is 5.75 Å². The molecule has 4 heteroatoms. The van der Waals surface area contributed by atoms with Crippen LogP contribution in [0.2, 0.25) is 0 Å². The van der Waals surface area contributed by atoms with Gasteiger partial charge in [0.05, 0.1) is 12.8 Å². The summed E-state index contributed by atoms with van der Waals surface area (Å²) in [6.07, 6.45) is 0.926. The number of hydrogen-bond donors (Lipinski definition) is 1. The molecular weight excluding hydrogens is 262 g/mol. The molecule has 1 unspecified atom stereocenters. The van der Waals surface area contributed by atoms with E-state index in [-0.39, 0.29) is 6.04 Å². The van der Waals surface area contributed by atoms with Crippen molar-refractivity contribution in [2.75, 3.05) is 13.7 Å². The maximum atomic E-state index is 5.34. The minimum atomic E-state index is 0.270. The highest BCUT2D eigenvalue weighted by atomic mass is 16.5. The summed E-state index contributed by atoms with van der Waals surface area (Å²) in [6.45, 7) is 8.14. The molecule has 0 radical (unpaired) electrons. The Balaban J connectivity index is 2.25. The fourth-order valence-corrected chi connectivity index (χ4v) is 2.66. The highest BCUT2D eigenvalue weighted by Gasteiger charge is 2.15. The summed E-state index contributed by atoms with van der Waals surface area (Å²) in [6, 6.07) is 10.7. The Kier molecular flexibility index (Phi) is 5.39. The zero-order valence-corrected chi connectivity index (χ0v) is 13.4. The quantitative estimate of drug-likeness (QED) is 0.850. The molecule has 0 aliphatic heterocycles. The smallest absolute Gasteiger partial charge is 0.119 e. The zero-order valence-electron chi connectivity index (χ0n) is 13.4. The normalized spacial score (nSPS) is 12.4. The topological polar surface area (TPSA) is 39.1 Å². The molecule has 1 heterocycles. The number of aryl methyl sites for hydroxylation is 2. The van der Waals surface area contributed by atoms with Gasteiger partial charge in [-0.25, -0.2) is 0 Å². The molecule has 0 bridgehead atoms. The van der Waals surface area contributed by atoms with E-state index in [1.54, 1.807) is 7.11 Å². The molecule has 0 amide bonds. The van der Waals surface area contributed by atoms with Crippen molar-refractivity contribution in [3.05, 3.63) is 47.3 Å². The first-order chi connectivity index (χ1) is 10.2. The average molecular weight is 287 g/mol. The molecule has 2 aromatic rings. The molecule has 0 saturated heterocycles. The van der Waals surface area contributed by atoms with Gasteiger partial charge in [-0.05, 0) is 44.2 Å². The van der Waals surface area contributed by atoms with Crippen LogP contribution in [0, 0.1) is 6.92 Å². The summed E-state index contributed by atoms with van der Waals surface area (Å²) < 4.78 is 7.42. The van der Waals surface area contributed by atoms with Gasteiger partial charge >= 0.3 is 0 Å². The molecule has 0 aliphatic carbocycles. The maximum Gasteiger partial charge on any atom is 0.119 e. The van der Waals surface area contributed by atoms with E-state index in [0.29, 0.717) is 0 Å². The molecule has 1 aromatic heterocycles. The highest BCUT2D eigenvalue weighted by molar-refractivity contribution is 5.31. The minimum absolute atomic E-state index is 0.270. The molecule has 21 heavy (non-hydrogen) atoms. The van der Waals surface area contributed by atoms with Crippen LogP contribution in [0.5, 0.6) is 5.75 Å². The van der Waals surface area contributed by atoms with E-state index in [9.17, 15) is 0 Å². The van der Waals surface area contributed by atoms with Crippen molar-refractivity contribution in [2.45, 2.75) is 39.8 Å². The predicted octanol–water partition coefficient (Wildman–Crippen LogP) is 3.11. The summed E-state index contributed by atoms with van der Waals surface area (Å²) in [5.74, 6) is 0.899. The Morgan fingerprint density at radius 3 is 2.76 bits per heavy atom. The molecule has 1 aromatic carbocycles. The van der Waals surface area contributed by atoms with Crippen LogP contribution in [-0.2, 0) is 13.0 Å². The molecule has 0 aliphatic rings. The van der Waals surface area contributed by atoms with Crippen molar-refractivity contribution in [3.63, 3.8) is 0 Å². The van der Waals surface area contributed by atoms with Crippen LogP contribution in [-0.4, -0.2) is 23.4 Å². The third kappa shape index (κ3) is 3.85. The summed E-state index contributed by atoms with van der Waals surface area (Å²) in [7, 11) is 1.71. The average Bonchev–Trinajstić information content (AvgIpc) is 2.86. The van der Waals surface area contributed by atoms with Gasteiger partial charge in [0.2, 0.25) is 0 Å². The lowest BCUT2D eigenvalue weighted by Gasteiger charge is -2.19. The molecular formula is C17H25N3O. The lowest BCUT2D eigenvalue weighted by Crippen LogP contribution is -2.24. The third-order valence-corrected chi connectivity index (χ3v) is 3.64. The molecule has 1 N–H and O–H groups in total. The second kappa shape index (κ2) is 7.27. The summed E-state index contributed by atoms with van der Waals surface area (Å²) in [5, 5.41) is 8.10. The number of nitrogens with one attached hydrogen (secondary N) is 1. The van der Waals surface area contributed by atoms with E-state index >= 15 is 0 Å². The predicted molar refractivity (Wildman–Crippen MR) is 85.8 cm³/mol. The number of benzene rings is 1. The van der Waals surface area contributed by atoms with E-state index < -0.39 is 0 Å². The Morgan fingerprint density at radius 2 is 2.10 bits per heavy atom. The van der Waals surface area contributed by atoms with Crippen LogP contribution in [0.1, 0.15) is 36.8 Å². The van der Waals surface area contributed by atoms with Crippen molar-refractivity contribution >= 4 is 0 Å². The van der Waals surface area contributed by atoms with Crippen LogP contribution >= 0.6 is 0 Å². The van der Waals surface area contributed by atoms with Crippen molar-refractivity contribution in [1.29, 1.82) is 0 Å². The number of hydrogen-bond acceptors (Lipinski definition) is 3. The Morgan fingerprint density at radius 1 is 1.29 bits per heavy atom. The van der Waals surface area contributed by atoms with Gasteiger partial charge in [0.25, 0.3) is 0 Å². The molecule has 2 rings (SSSR count). The van der Waals surface area contributed by atoms with E-state index in [2.05, 4.69) is 47.1 Å². The Hall–Kier alpha value is -1.81. The maximum absolute atomic E-state index is 5.34. The fraction of sp³-hybridized carbons (Fsp3) is 0.471. The lowest BCUT2D eigenvalue weighted by molar-refractivity contribution is 0.412. The zero-order chi connectivity index (χ0) is 15.2. The van der Waals surface area contributed by atoms with Crippen LogP contribution in [0.15, 0.2) is 30.3 Å². The van der Waals surface area contributed by atoms with Gasteiger partial charge in [0, 0.05) is 24.7 Å². The van der Waals surface area contributed by atoms with Crippen molar-refractivity contribution in [1.82, 2.24) is 15.1 Å². The molecule has 0 spiro atoms.